The van der Waals surface area contributed by atoms with Crippen molar-refractivity contribution in [1.82, 2.24) is 30.0 Å². The minimum atomic E-state index is 0.324. The van der Waals surface area contributed by atoms with Crippen LogP contribution in [0.15, 0.2) is 61.8 Å². The van der Waals surface area contributed by atoms with Gasteiger partial charge in [0.2, 0.25) is 0 Å². The smallest absolute Gasteiger partial charge is 0.181 e. The Balaban J connectivity index is 1.39. The molecule has 9 heteroatoms. The summed E-state index contributed by atoms with van der Waals surface area (Å²) in [5.74, 6) is 1.33. The fraction of sp³-hybridized carbons (Fsp3) is 0.310. The largest absolute Gasteiger partial charge is 0.358 e. The first-order valence-corrected chi connectivity index (χ1v) is 12.9. The molecule has 0 saturated carbocycles. The summed E-state index contributed by atoms with van der Waals surface area (Å²) in [5, 5.41) is 15.3. The van der Waals surface area contributed by atoms with Crippen molar-refractivity contribution in [1.29, 1.82) is 0 Å². The number of pyridine rings is 3. The molecule has 0 amide bonds. The maximum absolute atomic E-state index is 4.68. The minimum absolute atomic E-state index is 0.324. The second kappa shape index (κ2) is 10.6. The number of likely N-dealkylation sites (N-methyl/N-ethyl adjacent to an activating group) is 1. The molecular weight excluding hydrogens is 474 g/mol. The molecule has 5 heterocycles. The first-order chi connectivity index (χ1) is 18.3. The summed E-state index contributed by atoms with van der Waals surface area (Å²) in [6.45, 7) is 18.7. The second-order valence-corrected chi connectivity index (χ2v) is 10.2. The van der Waals surface area contributed by atoms with Gasteiger partial charge in [-0.1, -0.05) is 27.0 Å². The minimum Gasteiger partial charge on any atom is -0.358 e. The molecule has 1 saturated heterocycles. The number of H-pyrrole nitrogens is 1. The first-order valence-electron chi connectivity index (χ1n) is 12.9. The number of nitrogens with one attached hydrogen (secondary N) is 3. The molecule has 196 valence electrons. The Kier molecular flexibility index (Phi) is 7.11. The summed E-state index contributed by atoms with van der Waals surface area (Å²) in [7, 11) is 2.16. The number of fused-ring (bicyclic) bond motifs is 1. The van der Waals surface area contributed by atoms with Crippen LogP contribution in [0.2, 0.25) is 0 Å². The molecule has 0 aromatic carbocycles. The van der Waals surface area contributed by atoms with Crippen molar-refractivity contribution in [3.63, 3.8) is 0 Å². The predicted octanol–water partition coefficient (Wildman–Crippen LogP) is 5.14. The Morgan fingerprint density at radius 3 is 2.53 bits per heavy atom. The number of piperazine rings is 1. The molecule has 0 bridgehead atoms. The van der Waals surface area contributed by atoms with E-state index >= 15 is 0 Å². The third-order valence-corrected chi connectivity index (χ3v) is 7.05. The van der Waals surface area contributed by atoms with E-state index in [1.54, 1.807) is 6.20 Å². The van der Waals surface area contributed by atoms with Gasteiger partial charge in [-0.25, -0.2) is 9.97 Å². The summed E-state index contributed by atoms with van der Waals surface area (Å²) >= 11 is 0. The Labute approximate surface area is 223 Å². The SMILES string of the molecule is C=C(Nc1ccnc(N2CCN(C)CC2)c1C)c1[nH]nc2ncc(-c3cncc(NC(=C)C(C)C)c3)cc12. The average Bonchev–Trinajstić information content (AvgIpc) is 3.34. The zero-order valence-corrected chi connectivity index (χ0v) is 22.5. The van der Waals surface area contributed by atoms with Gasteiger partial charge in [0, 0.05) is 78.2 Å². The van der Waals surface area contributed by atoms with Gasteiger partial charge in [0.1, 0.15) is 5.82 Å². The van der Waals surface area contributed by atoms with E-state index in [-0.39, 0.29) is 0 Å². The van der Waals surface area contributed by atoms with E-state index in [1.165, 1.54) is 0 Å². The zero-order valence-electron chi connectivity index (χ0n) is 22.5. The number of aromatic amines is 1. The van der Waals surface area contributed by atoms with Gasteiger partial charge < -0.3 is 20.4 Å². The van der Waals surface area contributed by atoms with Gasteiger partial charge in [0.15, 0.2) is 5.65 Å². The number of allylic oxidation sites excluding steroid dienone is 1. The second-order valence-electron chi connectivity index (χ2n) is 10.2. The Hall–Kier alpha value is -4.24. The highest BCUT2D eigenvalue weighted by molar-refractivity contribution is 5.93. The fourth-order valence-electron chi connectivity index (χ4n) is 4.51. The van der Waals surface area contributed by atoms with Crippen LogP contribution < -0.4 is 15.5 Å². The predicted molar refractivity (Wildman–Crippen MR) is 156 cm³/mol. The first kappa shape index (κ1) is 25.4. The van der Waals surface area contributed by atoms with Crippen LogP contribution in [0.4, 0.5) is 17.2 Å². The number of anilines is 3. The number of hydrogen-bond acceptors (Lipinski definition) is 8. The lowest BCUT2D eigenvalue weighted by molar-refractivity contribution is 0.312. The molecule has 9 nitrogen and oxygen atoms in total. The third kappa shape index (κ3) is 5.24. The third-order valence-electron chi connectivity index (χ3n) is 7.05. The monoisotopic (exact) mass is 509 g/mol. The van der Waals surface area contributed by atoms with E-state index < -0.39 is 0 Å². The number of nitrogens with zero attached hydrogens (tertiary/aromatic N) is 6. The van der Waals surface area contributed by atoms with Gasteiger partial charge in [-0.15, -0.1) is 0 Å². The standard InChI is InChI=1S/C29H35N9/c1-18(2)20(4)33-24-13-22(15-30-17-24)23-14-25-27(35-36-28(25)32-16-23)21(5)34-26-7-8-31-29(19(26)3)38-11-9-37(6)10-12-38/h7-8,13-18,33H,4-5,9-12H2,1-3,6H3,(H,31,34)(H,32,35,36). The Morgan fingerprint density at radius 1 is 1.00 bits per heavy atom. The molecule has 1 aliphatic rings. The highest BCUT2D eigenvalue weighted by Crippen LogP contribution is 2.31. The van der Waals surface area contributed by atoms with Gasteiger partial charge >= 0.3 is 0 Å². The molecule has 0 atom stereocenters. The summed E-state index contributed by atoms with van der Waals surface area (Å²) in [5.41, 5.74) is 7.94. The van der Waals surface area contributed by atoms with Crippen molar-refractivity contribution < 1.29 is 0 Å². The lowest BCUT2D eigenvalue weighted by Gasteiger charge is -2.34. The fourth-order valence-corrected chi connectivity index (χ4v) is 4.51. The van der Waals surface area contributed by atoms with Gasteiger partial charge in [0.25, 0.3) is 0 Å². The van der Waals surface area contributed by atoms with Crippen LogP contribution in [-0.4, -0.2) is 63.3 Å². The normalized spacial score (nSPS) is 14.2. The highest BCUT2D eigenvalue weighted by atomic mass is 15.3. The molecule has 3 N–H and O–H groups in total. The van der Waals surface area contributed by atoms with Gasteiger partial charge in [-0.3, -0.25) is 10.1 Å². The van der Waals surface area contributed by atoms with Crippen LogP contribution in [0.5, 0.6) is 0 Å². The Morgan fingerprint density at radius 2 is 1.76 bits per heavy atom. The van der Waals surface area contributed by atoms with E-state index in [0.29, 0.717) is 17.3 Å². The zero-order chi connectivity index (χ0) is 26.8. The van der Waals surface area contributed by atoms with E-state index in [2.05, 4.69) is 98.7 Å². The van der Waals surface area contributed by atoms with Crippen LogP contribution in [-0.2, 0) is 0 Å². The molecular formula is C29H35N9. The topological polar surface area (TPSA) is 97.9 Å². The van der Waals surface area contributed by atoms with Crippen molar-refractivity contribution in [2.24, 2.45) is 5.92 Å². The number of rotatable bonds is 8. The molecule has 5 rings (SSSR count). The molecule has 1 fully saturated rings. The van der Waals surface area contributed by atoms with Crippen LogP contribution in [0.3, 0.4) is 0 Å². The van der Waals surface area contributed by atoms with Crippen molar-refractivity contribution >= 4 is 33.9 Å². The molecule has 0 aliphatic carbocycles. The number of hydrogen-bond donors (Lipinski definition) is 3. The summed E-state index contributed by atoms with van der Waals surface area (Å²) in [6.07, 6.45) is 7.30. The van der Waals surface area contributed by atoms with Crippen LogP contribution >= 0.6 is 0 Å². The molecule has 0 unspecified atom stereocenters. The summed E-state index contributed by atoms with van der Waals surface area (Å²) in [4.78, 5) is 18.4. The van der Waals surface area contributed by atoms with Crippen LogP contribution in [0, 0.1) is 12.8 Å². The molecule has 1 aliphatic heterocycles. The molecule has 4 aromatic heterocycles. The van der Waals surface area contributed by atoms with Crippen molar-refractivity contribution in [3.8, 4) is 11.1 Å². The molecule has 0 radical (unpaired) electrons. The van der Waals surface area contributed by atoms with Gasteiger partial charge in [-0.2, -0.15) is 5.10 Å². The lowest BCUT2D eigenvalue weighted by atomic mass is 10.1. The highest BCUT2D eigenvalue weighted by Gasteiger charge is 2.19. The molecule has 38 heavy (non-hydrogen) atoms. The van der Waals surface area contributed by atoms with Crippen LogP contribution in [0.1, 0.15) is 25.1 Å². The lowest BCUT2D eigenvalue weighted by Crippen LogP contribution is -2.45. The van der Waals surface area contributed by atoms with Crippen molar-refractivity contribution in [2.45, 2.75) is 20.8 Å². The Bertz CT molecular complexity index is 1480. The molecule has 4 aromatic rings. The van der Waals surface area contributed by atoms with Crippen molar-refractivity contribution in [2.75, 3.05) is 48.8 Å². The number of aromatic nitrogens is 5. The van der Waals surface area contributed by atoms with E-state index in [4.69, 9.17) is 0 Å². The van der Waals surface area contributed by atoms with E-state index in [9.17, 15) is 0 Å². The quantitative estimate of drug-likeness (QED) is 0.300. The van der Waals surface area contributed by atoms with Crippen LogP contribution in [0.25, 0.3) is 27.9 Å². The van der Waals surface area contributed by atoms with E-state index in [0.717, 1.165) is 76.8 Å². The maximum Gasteiger partial charge on any atom is 0.181 e. The van der Waals surface area contributed by atoms with E-state index in [1.807, 2.05) is 24.7 Å². The summed E-state index contributed by atoms with van der Waals surface area (Å²) < 4.78 is 0. The average molecular weight is 510 g/mol. The van der Waals surface area contributed by atoms with Gasteiger partial charge in [0.05, 0.1) is 23.3 Å². The maximum atomic E-state index is 4.68. The van der Waals surface area contributed by atoms with Crippen molar-refractivity contribution in [3.05, 3.63) is 73.1 Å². The summed E-state index contributed by atoms with van der Waals surface area (Å²) in [6, 6.07) is 6.11. The van der Waals surface area contributed by atoms with Gasteiger partial charge in [-0.05, 0) is 38.1 Å². The molecule has 0 spiro atoms.